The molecule has 13 nitrogen and oxygen atoms in total. The Kier molecular flexibility index (Phi) is 9.84. The van der Waals surface area contributed by atoms with Gasteiger partial charge in [0.25, 0.3) is 5.91 Å². The van der Waals surface area contributed by atoms with Crippen LogP contribution in [0.4, 0.5) is 25.1 Å². The number of aryl methyl sites for hydroxylation is 1. The van der Waals surface area contributed by atoms with Crippen molar-refractivity contribution >= 4 is 29.5 Å². The van der Waals surface area contributed by atoms with Gasteiger partial charge < -0.3 is 30.4 Å². The smallest absolute Gasteiger partial charge is 0.410 e. The average Bonchev–Trinajstić information content (AvgIpc) is 3.59. The first-order valence-electron chi connectivity index (χ1n) is 16.7. The second-order valence-corrected chi connectivity index (χ2v) is 13.7. The first-order valence-corrected chi connectivity index (χ1v) is 16.7. The molecule has 0 atom stereocenters. The summed E-state index contributed by atoms with van der Waals surface area (Å²) in [6, 6.07) is 10.3. The van der Waals surface area contributed by atoms with E-state index in [2.05, 4.69) is 15.4 Å². The van der Waals surface area contributed by atoms with Crippen molar-refractivity contribution in [3.8, 4) is 33.4 Å². The van der Waals surface area contributed by atoms with E-state index < -0.39 is 45.8 Å². The number of hydrogen-bond donors (Lipinski definition) is 3. The van der Waals surface area contributed by atoms with Crippen molar-refractivity contribution in [2.75, 3.05) is 24.1 Å². The van der Waals surface area contributed by atoms with Gasteiger partial charge in [-0.3, -0.25) is 14.3 Å². The number of hydrogen-bond acceptors (Lipinski definition) is 8. The van der Waals surface area contributed by atoms with Gasteiger partial charge in [0.1, 0.15) is 34.3 Å². The van der Waals surface area contributed by atoms with Gasteiger partial charge in [-0.1, -0.05) is 12.1 Å². The lowest BCUT2D eigenvalue weighted by Gasteiger charge is -2.33. The fourth-order valence-electron chi connectivity index (χ4n) is 6.22. The zero-order valence-corrected chi connectivity index (χ0v) is 29.4. The molecule has 0 saturated carbocycles. The van der Waals surface area contributed by atoms with Gasteiger partial charge in [0.15, 0.2) is 0 Å². The lowest BCUT2D eigenvalue weighted by molar-refractivity contribution is 0.0184. The molecule has 1 fully saturated rings. The minimum absolute atomic E-state index is 0.0191. The first kappa shape index (κ1) is 36.4. The number of likely N-dealkylation sites (tertiary alicyclic amines) is 1. The van der Waals surface area contributed by atoms with Gasteiger partial charge in [-0.25, -0.2) is 23.4 Å². The highest BCUT2D eigenvalue weighted by molar-refractivity contribution is 6.06. The molecule has 0 aliphatic carbocycles. The van der Waals surface area contributed by atoms with Crippen LogP contribution in [0.15, 0.2) is 78.1 Å². The van der Waals surface area contributed by atoms with Crippen molar-refractivity contribution in [1.29, 1.82) is 0 Å². The maximum Gasteiger partial charge on any atom is 0.410 e. The Bertz CT molecular complexity index is 2290. The largest absolute Gasteiger partial charge is 0.477 e. The number of pyridine rings is 2. The molecule has 274 valence electrons. The lowest BCUT2D eigenvalue weighted by atomic mass is 10.00. The van der Waals surface area contributed by atoms with Crippen LogP contribution in [0.3, 0.4) is 0 Å². The van der Waals surface area contributed by atoms with Crippen LogP contribution >= 0.6 is 0 Å². The number of piperidine rings is 1. The van der Waals surface area contributed by atoms with Gasteiger partial charge in [-0.2, -0.15) is 5.10 Å². The van der Waals surface area contributed by atoms with Gasteiger partial charge in [0.05, 0.1) is 17.8 Å². The Morgan fingerprint density at radius 3 is 2.28 bits per heavy atom. The van der Waals surface area contributed by atoms with E-state index >= 15 is 4.39 Å². The molecule has 0 radical (unpaired) electrons. The quantitative estimate of drug-likeness (QED) is 0.172. The minimum Gasteiger partial charge on any atom is -0.477 e. The number of nitrogens with two attached hydrogens (primary N) is 1. The summed E-state index contributed by atoms with van der Waals surface area (Å²) in [5.41, 5.74) is 5.53. The Labute approximate surface area is 302 Å². The Hall–Kier alpha value is -6.38. The van der Waals surface area contributed by atoms with Crippen molar-refractivity contribution in [1.82, 2.24) is 24.2 Å². The van der Waals surface area contributed by atoms with Gasteiger partial charge in [0.2, 0.25) is 5.43 Å². The highest BCUT2D eigenvalue weighted by Gasteiger charge is 2.28. The number of anilines is 2. The number of nitrogens with one attached hydrogen (secondary N) is 1. The van der Waals surface area contributed by atoms with E-state index in [-0.39, 0.29) is 40.3 Å². The third-order valence-electron chi connectivity index (χ3n) is 8.82. The Morgan fingerprint density at radius 1 is 0.943 bits per heavy atom. The van der Waals surface area contributed by atoms with Crippen LogP contribution in [0.25, 0.3) is 33.4 Å². The number of carboxylic acid groups (broad SMARTS) is 1. The number of aromatic carboxylic acids is 1. The maximum atomic E-state index is 15.7. The number of aromatic nitrogens is 4. The van der Waals surface area contributed by atoms with Gasteiger partial charge in [-0.15, -0.1) is 0 Å². The topological polar surface area (TPSA) is 175 Å². The van der Waals surface area contributed by atoms with E-state index in [9.17, 15) is 28.7 Å². The van der Waals surface area contributed by atoms with Gasteiger partial charge in [0, 0.05) is 66.7 Å². The zero-order valence-electron chi connectivity index (χ0n) is 29.4. The van der Waals surface area contributed by atoms with Crippen LogP contribution in [-0.4, -0.2) is 66.0 Å². The summed E-state index contributed by atoms with van der Waals surface area (Å²) < 4.78 is 37.7. The molecule has 5 aromatic rings. The summed E-state index contributed by atoms with van der Waals surface area (Å²) in [4.78, 5) is 57.3. The standard InChI is InChI=1S/C38H37F2N7O6/c1-38(2,3)53-37(52)46-13-11-26(12-14-46)47-19-23(18-43-47)22-15-28(34(41)42-17-22)27-10-9-25(16-30(27)40)44-35(49)29-20-45(4)32(36(50)51)31(33(29)48)21-5-7-24(39)8-6-21/h5-10,15-20,26H,11-14H2,1-4H3,(H2,41,42)(H,44,49)(H,50,51). The number of carboxylic acids is 1. The van der Waals surface area contributed by atoms with Crippen LogP contribution in [-0.2, 0) is 11.8 Å². The molecule has 1 aliphatic rings. The highest BCUT2D eigenvalue weighted by Crippen LogP contribution is 2.33. The molecule has 2 aromatic carbocycles. The maximum absolute atomic E-state index is 15.7. The SMILES string of the molecule is Cn1cc(C(=O)Nc2ccc(-c3cc(-c4cnn(C5CCN(C(=O)OC(C)(C)C)CC5)c4)cnc3N)c(F)c2)c(=O)c(-c2ccc(F)cc2)c1C(=O)O. The lowest BCUT2D eigenvalue weighted by Crippen LogP contribution is -2.42. The molecule has 1 saturated heterocycles. The Morgan fingerprint density at radius 2 is 1.64 bits per heavy atom. The number of nitrogen functional groups attached to an aromatic ring is 1. The van der Waals surface area contributed by atoms with Crippen molar-refractivity contribution < 1.29 is 33.0 Å². The van der Waals surface area contributed by atoms with E-state index in [4.69, 9.17) is 10.5 Å². The predicted octanol–water partition coefficient (Wildman–Crippen LogP) is 6.36. The molecular weight excluding hydrogens is 688 g/mol. The molecule has 2 amide bonds. The number of carbonyl (C=O) groups excluding carboxylic acids is 2. The molecule has 1 aliphatic heterocycles. The molecule has 53 heavy (non-hydrogen) atoms. The molecule has 6 rings (SSSR count). The van der Waals surface area contributed by atoms with Crippen molar-refractivity contribution in [3.63, 3.8) is 0 Å². The van der Waals surface area contributed by atoms with Crippen LogP contribution in [0.1, 0.15) is 60.5 Å². The van der Waals surface area contributed by atoms with E-state index in [1.165, 1.54) is 31.3 Å². The highest BCUT2D eigenvalue weighted by atomic mass is 19.1. The van der Waals surface area contributed by atoms with Crippen LogP contribution < -0.4 is 16.5 Å². The second-order valence-electron chi connectivity index (χ2n) is 13.7. The number of amides is 2. The molecule has 0 bridgehead atoms. The minimum atomic E-state index is -1.42. The van der Waals surface area contributed by atoms with Crippen LogP contribution in [0.5, 0.6) is 0 Å². The normalized spacial score (nSPS) is 13.5. The first-order chi connectivity index (χ1) is 25.1. The Balaban J connectivity index is 1.20. The number of halogens is 2. The van der Waals surface area contributed by atoms with E-state index in [0.29, 0.717) is 37.1 Å². The fourth-order valence-corrected chi connectivity index (χ4v) is 6.22. The number of carbonyl (C=O) groups is 3. The molecule has 4 heterocycles. The van der Waals surface area contributed by atoms with Crippen molar-refractivity contribution in [3.05, 3.63) is 106 Å². The fraction of sp³-hybridized carbons (Fsp3) is 0.263. The third-order valence-corrected chi connectivity index (χ3v) is 8.82. The second kappa shape index (κ2) is 14.3. The molecule has 0 unspecified atom stereocenters. The predicted molar refractivity (Wildman–Crippen MR) is 193 cm³/mol. The number of ether oxygens (including phenoxy) is 1. The summed E-state index contributed by atoms with van der Waals surface area (Å²) in [5, 5.41) is 16.8. The van der Waals surface area contributed by atoms with E-state index in [1.54, 1.807) is 23.4 Å². The molecular formula is C38H37F2N7O6. The number of nitrogens with zero attached hydrogens (tertiary/aromatic N) is 5. The van der Waals surface area contributed by atoms with E-state index in [1.807, 2.05) is 31.6 Å². The molecule has 15 heteroatoms. The van der Waals surface area contributed by atoms with Crippen molar-refractivity contribution in [2.45, 2.75) is 45.3 Å². The van der Waals surface area contributed by atoms with Gasteiger partial charge in [-0.05, 0) is 75.6 Å². The average molecular weight is 726 g/mol. The van der Waals surface area contributed by atoms with Crippen LogP contribution in [0, 0.1) is 11.6 Å². The summed E-state index contributed by atoms with van der Waals surface area (Å²) in [5.74, 6) is -3.58. The monoisotopic (exact) mass is 725 g/mol. The zero-order chi connectivity index (χ0) is 38.2. The van der Waals surface area contributed by atoms with Gasteiger partial charge >= 0.3 is 12.1 Å². The summed E-state index contributed by atoms with van der Waals surface area (Å²) >= 11 is 0. The van der Waals surface area contributed by atoms with Crippen molar-refractivity contribution in [2.24, 2.45) is 7.05 Å². The third kappa shape index (κ3) is 7.78. The number of benzene rings is 2. The summed E-state index contributed by atoms with van der Waals surface area (Å²) in [6.45, 7) is 6.55. The molecule has 3 aromatic heterocycles. The van der Waals surface area contributed by atoms with E-state index in [0.717, 1.165) is 34.5 Å². The van der Waals surface area contributed by atoms with Crippen LogP contribution in [0.2, 0.25) is 0 Å². The summed E-state index contributed by atoms with van der Waals surface area (Å²) in [7, 11) is 1.36. The molecule has 0 spiro atoms. The number of rotatable bonds is 7. The molecule has 4 N–H and O–H groups in total. The summed E-state index contributed by atoms with van der Waals surface area (Å²) in [6.07, 6.45) is 7.24.